The quantitative estimate of drug-likeness (QED) is 0.356. The number of imide groups is 2. The van der Waals surface area contributed by atoms with Gasteiger partial charge in [0, 0.05) is 13.1 Å². The second-order valence-electron chi connectivity index (χ2n) is 7.38. The number of urea groups is 1. The van der Waals surface area contributed by atoms with Gasteiger partial charge in [-0.2, -0.15) is 0 Å². The van der Waals surface area contributed by atoms with Crippen molar-refractivity contribution >= 4 is 29.7 Å². The van der Waals surface area contributed by atoms with Crippen LogP contribution >= 0.6 is 0 Å². The van der Waals surface area contributed by atoms with Crippen molar-refractivity contribution in [3.63, 3.8) is 0 Å². The van der Waals surface area contributed by atoms with E-state index in [9.17, 15) is 24.0 Å². The van der Waals surface area contributed by atoms with Gasteiger partial charge >= 0.3 is 12.0 Å². The summed E-state index contributed by atoms with van der Waals surface area (Å²) in [7, 11) is 0. The van der Waals surface area contributed by atoms with E-state index in [4.69, 9.17) is 4.74 Å². The number of hydrogen-bond acceptors (Lipinski definition) is 6. The zero-order valence-electron chi connectivity index (χ0n) is 16.2. The third kappa shape index (κ3) is 5.90. The summed E-state index contributed by atoms with van der Waals surface area (Å²) in [5.41, 5.74) is 0. The predicted octanol–water partition coefficient (Wildman–Crippen LogP) is 0.743. The highest BCUT2D eigenvalue weighted by molar-refractivity contribution is 6.05. The van der Waals surface area contributed by atoms with Crippen LogP contribution in [0.4, 0.5) is 4.79 Å². The Bertz CT molecular complexity index is 647. The van der Waals surface area contributed by atoms with Crippen molar-refractivity contribution in [1.29, 1.82) is 0 Å². The van der Waals surface area contributed by atoms with Crippen LogP contribution in [-0.4, -0.2) is 54.3 Å². The normalized spacial score (nSPS) is 20.9. The second kappa shape index (κ2) is 10.0. The number of carbonyl (C=O) groups is 5. The van der Waals surface area contributed by atoms with Crippen LogP contribution in [0.25, 0.3) is 0 Å². The van der Waals surface area contributed by atoms with Gasteiger partial charge in [0.1, 0.15) is 0 Å². The Balaban J connectivity index is 1.66. The Morgan fingerprint density at radius 2 is 1.75 bits per heavy atom. The first kappa shape index (κ1) is 21.6. The van der Waals surface area contributed by atoms with Gasteiger partial charge < -0.3 is 10.1 Å². The maximum atomic E-state index is 12.3. The lowest BCUT2D eigenvalue weighted by molar-refractivity contribution is -0.149. The van der Waals surface area contributed by atoms with Gasteiger partial charge in [-0.25, -0.2) is 4.79 Å². The van der Waals surface area contributed by atoms with Crippen LogP contribution in [-0.2, 0) is 23.9 Å². The number of hydrogen-bond donors (Lipinski definition) is 2. The number of amides is 5. The van der Waals surface area contributed by atoms with Gasteiger partial charge in [0.15, 0.2) is 6.61 Å². The number of nitrogens with one attached hydrogen (secondary N) is 2. The second-order valence-corrected chi connectivity index (χ2v) is 7.38. The minimum Gasteiger partial charge on any atom is -0.456 e. The van der Waals surface area contributed by atoms with Crippen LogP contribution in [0.3, 0.4) is 0 Å². The van der Waals surface area contributed by atoms with Gasteiger partial charge in [-0.1, -0.05) is 26.0 Å². The Hall–Kier alpha value is -2.71. The smallest absolute Gasteiger partial charge is 0.321 e. The molecule has 154 valence electrons. The van der Waals surface area contributed by atoms with E-state index in [1.54, 1.807) is 0 Å². The van der Waals surface area contributed by atoms with Crippen LogP contribution in [0.2, 0.25) is 0 Å². The molecule has 0 aromatic carbocycles. The molecule has 2 rings (SSSR count). The van der Waals surface area contributed by atoms with Crippen molar-refractivity contribution in [1.82, 2.24) is 15.5 Å². The molecule has 1 fully saturated rings. The fourth-order valence-electron chi connectivity index (χ4n) is 3.19. The standard InChI is InChI=1S/C19H27N3O6/c1-12(2)7-9-20-19(27)21-15(23)11-28-16(24)8-10-22-17(25)13-5-3-4-6-14(13)18(22)26/h3-4,12-14H,5-11H2,1-2H3,(H2,20,21,23,27)/t13-,14-/m0/s1. The first-order chi connectivity index (χ1) is 13.3. The summed E-state index contributed by atoms with van der Waals surface area (Å²) in [6.07, 6.45) is 5.44. The summed E-state index contributed by atoms with van der Waals surface area (Å²) in [6, 6.07) is -0.647. The van der Waals surface area contributed by atoms with Gasteiger partial charge in [-0.15, -0.1) is 0 Å². The summed E-state index contributed by atoms with van der Waals surface area (Å²) < 4.78 is 4.80. The monoisotopic (exact) mass is 393 g/mol. The van der Waals surface area contributed by atoms with Gasteiger partial charge in [0.25, 0.3) is 5.91 Å². The van der Waals surface area contributed by atoms with Crippen LogP contribution < -0.4 is 10.6 Å². The molecule has 9 nitrogen and oxygen atoms in total. The molecule has 1 saturated heterocycles. The van der Waals surface area contributed by atoms with Gasteiger partial charge in [-0.3, -0.25) is 29.4 Å². The fraction of sp³-hybridized carbons (Fsp3) is 0.632. The molecule has 0 aromatic rings. The number of carbonyl (C=O) groups excluding carboxylic acids is 5. The minimum absolute atomic E-state index is 0.0686. The van der Waals surface area contributed by atoms with Crippen molar-refractivity contribution in [2.45, 2.75) is 39.5 Å². The number of fused-ring (bicyclic) bond motifs is 1. The molecule has 0 unspecified atom stereocenters. The molecule has 2 atom stereocenters. The minimum atomic E-state index is -0.749. The SMILES string of the molecule is CC(C)CCNC(=O)NC(=O)COC(=O)CCN1C(=O)[C@H]2CC=CC[C@@H]2C1=O. The largest absolute Gasteiger partial charge is 0.456 e. The number of ether oxygens (including phenoxy) is 1. The molecular weight excluding hydrogens is 366 g/mol. The Morgan fingerprint density at radius 3 is 2.32 bits per heavy atom. The highest BCUT2D eigenvalue weighted by Crippen LogP contribution is 2.34. The Morgan fingerprint density at radius 1 is 1.14 bits per heavy atom. The summed E-state index contributed by atoms with van der Waals surface area (Å²) >= 11 is 0. The van der Waals surface area contributed by atoms with E-state index in [0.717, 1.165) is 11.3 Å². The van der Waals surface area contributed by atoms with Crippen LogP contribution in [0, 0.1) is 17.8 Å². The lowest BCUT2D eigenvalue weighted by Crippen LogP contribution is -2.42. The van der Waals surface area contributed by atoms with E-state index in [0.29, 0.717) is 25.3 Å². The first-order valence-electron chi connectivity index (χ1n) is 9.53. The van der Waals surface area contributed by atoms with Crippen molar-refractivity contribution in [2.24, 2.45) is 17.8 Å². The molecular formula is C19H27N3O6. The lowest BCUT2D eigenvalue weighted by atomic mass is 9.85. The average Bonchev–Trinajstić information content (AvgIpc) is 2.89. The molecule has 1 aliphatic carbocycles. The van der Waals surface area contributed by atoms with E-state index in [1.807, 2.05) is 26.0 Å². The highest BCUT2D eigenvalue weighted by atomic mass is 16.5. The maximum Gasteiger partial charge on any atom is 0.321 e. The molecule has 28 heavy (non-hydrogen) atoms. The third-order valence-electron chi connectivity index (χ3n) is 4.76. The van der Waals surface area contributed by atoms with E-state index in [2.05, 4.69) is 10.6 Å². The molecule has 0 spiro atoms. The zero-order chi connectivity index (χ0) is 20.7. The van der Waals surface area contributed by atoms with E-state index in [-0.39, 0.29) is 36.6 Å². The predicted molar refractivity (Wildman–Crippen MR) is 98.6 cm³/mol. The molecule has 0 aromatic heterocycles. The van der Waals surface area contributed by atoms with E-state index < -0.39 is 24.5 Å². The van der Waals surface area contributed by atoms with Crippen molar-refractivity contribution in [3.05, 3.63) is 12.2 Å². The van der Waals surface area contributed by atoms with Gasteiger partial charge in [0.05, 0.1) is 18.3 Å². The van der Waals surface area contributed by atoms with Crippen LogP contribution in [0.15, 0.2) is 12.2 Å². The van der Waals surface area contributed by atoms with Crippen molar-refractivity contribution in [3.8, 4) is 0 Å². The first-order valence-corrected chi connectivity index (χ1v) is 9.53. The molecule has 0 saturated carbocycles. The molecule has 1 aliphatic heterocycles. The van der Waals surface area contributed by atoms with Crippen molar-refractivity contribution < 1.29 is 28.7 Å². The summed E-state index contributed by atoms with van der Waals surface area (Å²) in [4.78, 5) is 60.6. The van der Waals surface area contributed by atoms with Crippen LogP contribution in [0.5, 0.6) is 0 Å². The molecule has 2 N–H and O–H groups in total. The number of likely N-dealkylation sites (tertiary alicyclic amines) is 1. The zero-order valence-corrected chi connectivity index (χ0v) is 16.2. The topological polar surface area (TPSA) is 122 Å². The van der Waals surface area contributed by atoms with E-state index in [1.165, 1.54) is 0 Å². The summed E-state index contributed by atoms with van der Waals surface area (Å²) in [5.74, 6) is -2.25. The molecule has 0 radical (unpaired) electrons. The number of rotatable bonds is 8. The Labute approximate surface area is 163 Å². The molecule has 9 heteroatoms. The molecule has 0 bridgehead atoms. The van der Waals surface area contributed by atoms with Crippen molar-refractivity contribution in [2.75, 3.05) is 19.7 Å². The summed E-state index contributed by atoms with van der Waals surface area (Å²) in [5, 5.41) is 4.59. The van der Waals surface area contributed by atoms with Gasteiger partial charge in [-0.05, 0) is 25.2 Å². The highest BCUT2D eigenvalue weighted by Gasteiger charge is 2.46. The Kier molecular flexibility index (Phi) is 7.71. The number of allylic oxidation sites excluding steroid dienone is 2. The number of nitrogens with zero attached hydrogens (tertiary/aromatic N) is 1. The molecule has 1 heterocycles. The van der Waals surface area contributed by atoms with Crippen LogP contribution in [0.1, 0.15) is 39.5 Å². The average molecular weight is 393 g/mol. The fourth-order valence-corrected chi connectivity index (χ4v) is 3.19. The van der Waals surface area contributed by atoms with Gasteiger partial charge in [0.2, 0.25) is 11.8 Å². The van der Waals surface area contributed by atoms with E-state index >= 15 is 0 Å². The molecule has 5 amide bonds. The summed E-state index contributed by atoms with van der Waals surface area (Å²) in [6.45, 7) is 3.79. The number of esters is 1. The maximum absolute atomic E-state index is 12.3. The lowest BCUT2D eigenvalue weighted by Gasteiger charge is -2.14. The third-order valence-corrected chi connectivity index (χ3v) is 4.76. The molecule has 2 aliphatic rings.